The van der Waals surface area contributed by atoms with Gasteiger partial charge in [0.25, 0.3) is 5.56 Å². The maximum absolute atomic E-state index is 13.2. The second-order valence-electron chi connectivity index (χ2n) is 12.0. The number of ether oxygens (including phenoxy) is 2. The van der Waals surface area contributed by atoms with Gasteiger partial charge in [-0.3, -0.25) is 24.1 Å². The molecule has 14 heteroatoms. The molecule has 264 valence electrons. The highest BCUT2D eigenvalue weighted by Crippen LogP contribution is 2.42. The smallest absolute Gasteiger partial charge is 0.325 e. The molecular weight excluding hydrogens is 695 g/mol. The molecule has 12 nitrogen and oxygen atoms in total. The summed E-state index contributed by atoms with van der Waals surface area (Å²) in [7, 11) is 2.80. The number of methoxy groups -OCH3 is 2. The van der Waals surface area contributed by atoms with E-state index in [4.69, 9.17) is 32.9 Å². The van der Waals surface area contributed by atoms with E-state index in [1.807, 2.05) is 48.5 Å². The topological polar surface area (TPSA) is 156 Å². The Kier molecular flexibility index (Phi) is 11.3. The number of amides is 1. The van der Waals surface area contributed by atoms with Crippen LogP contribution in [0.15, 0.2) is 77.9 Å². The van der Waals surface area contributed by atoms with Crippen molar-refractivity contribution in [1.82, 2.24) is 30.3 Å². The van der Waals surface area contributed by atoms with Crippen molar-refractivity contribution in [2.24, 2.45) is 0 Å². The fourth-order valence-electron chi connectivity index (χ4n) is 6.04. The van der Waals surface area contributed by atoms with Crippen molar-refractivity contribution < 1.29 is 24.2 Å². The Morgan fingerprint density at radius 2 is 1.73 bits per heavy atom. The maximum Gasteiger partial charge on any atom is 0.325 e. The number of aliphatic hydroxyl groups excluding tert-OH is 1. The Morgan fingerprint density at radius 3 is 2.41 bits per heavy atom. The van der Waals surface area contributed by atoms with Crippen molar-refractivity contribution in [3.8, 4) is 39.4 Å². The third-order valence-electron chi connectivity index (χ3n) is 8.79. The molecule has 1 fully saturated rings. The molecule has 51 heavy (non-hydrogen) atoms. The zero-order valence-electron chi connectivity index (χ0n) is 27.9. The average molecular weight is 732 g/mol. The van der Waals surface area contributed by atoms with E-state index in [0.717, 1.165) is 23.1 Å². The molecule has 5 aromatic rings. The summed E-state index contributed by atoms with van der Waals surface area (Å²) in [5.41, 5.74) is 5.49. The maximum atomic E-state index is 13.2. The number of benzene rings is 2. The molecule has 2 atom stereocenters. The Labute approximate surface area is 303 Å². The second-order valence-corrected chi connectivity index (χ2v) is 12.8. The molecule has 1 saturated heterocycles. The number of carbonyl (C=O) groups is 2. The lowest BCUT2D eigenvalue weighted by Crippen LogP contribution is -2.41. The Morgan fingerprint density at radius 1 is 1.00 bits per heavy atom. The van der Waals surface area contributed by atoms with Gasteiger partial charge in [-0.1, -0.05) is 65.7 Å². The van der Waals surface area contributed by atoms with Crippen molar-refractivity contribution >= 4 is 40.7 Å². The van der Waals surface area contributed by atoms with Crippen LogP contribution in [0.5, 0.6) is 5.88 Å². The summed E-state index contributed by atoms with van der Waals surface area (Å²) < 4.78 is 11.7. The van der Waals surface area contributed by atoms with Crippen LogP contribution in [0.1, 0.15) is 24.0 Å². The zero-order valence-corrected chi connectivity index (χ0v) is 29.4. The number of nitrogens with one attached hydrogen (secondary N) is 3. The van der Waals surface area contributed by atoms with Gasteiger partial charge in [0.05, 0.1) is 42.1 Å². The van der Waals surface area contributed by atoms with Gasteiger partial charge in [0, 0.05) is 72.3 Å². The van der Waals surface area contributed by atoms with Gasteiger partial charge in [-0.25, -0.2) is 9.97 Å². The fourth-order valence-corrected chi connectivity index (χ4v) is 6.70. The number of esters is 1. The molecule has 1 amide bonds. The van der Waals surface area contributed by atoms with E-state index in [0.29, 0.717) is 69.0 Å². The molecule has 0 bridgehead atoms. The fraction of sp³-hybridized carbons (Fsp3) is 0.270. The molecule has 1 aliphatic rings. The average Bonchev–Trinajstić information content (AvgIpc) is 3.57. The summed E-state index contributed by atoms with van der Waals surface area (Å²) in [6.45, 7) is 0.716. The lowest BCUT2D eigenvalue weighted by Gasteiger charge is -2.16. The minimum Gasteiger partial charge on any atom is -0.481 e. The van der Waals surface area contributed by atoms with Crippen LogP contribution in [0.25, 0.3) is 39.2 Å². The molecule has 3 aromatic heterocycles. The first-order valence-corrected chi connectivity index (χ1v) is 17.0. The minimum absolute atomic E-state index is 0.0105. The lowest BCUT2D eigenvalue weighted by atomic mass is 9.97. The van der Waals surface area contributed by atoms with Gasteiger partial charge in [0.15, 0.2) is 0 Å². The third-order valence-corrected chi connectivity index (χ3v) is 9.60. The van der Waals surface area contributed by atoms with Crippen molar-refractivity contribution in [3.05, 3.63) is 105 Å². The molecule has 4 N–H and O–H groups in total. The number of fused-ring (bicyclic) bond motifs is 1. The summed E-state index contributed by atoms with van der Waals surface area (Å²) in [5, 5.41) is 19.6. The zero-order chi connectivity index (χ0) is 36.1. The molecule has 2 aromatic carbocycles. The van der Waals surface area contributed by atoms with Crippen LogP contribution in [0.4, 0.5) is 0 Å². The monoisotopic (exact) mass is 730 g/mol. The first-order valence-electron chi connectivity index (χ1n) is 16.3. The van der Waals surface area contributed by atoms with Crippen LogP contribution < -0.4 is 26.2 Å². The number of pyridine rings is 2. The number of hydrogen-bond acceptors (Lipinski definition) is 10. The Bertz CT molecular complexity index is 2160. The van der Waals surface area contributed by atoms with E-state index in [1.54, 1.807) is 25.4 Å². The van der Waals surface area contributed by atoms with Gasteiger partial charge in [-0.2, -0.15) is 0 Å². The SMILES string of the molecule is COC(=O)[C@@H](CO)NCc1cnc2cc(-c3cccc(-c4cccc(-c5ccc(CNC[C@H]6CCC(=O)N6)c(OC)n5)c4Cl)c3Cl)ccn2c1=O. The van der Waals surface area contributed by atoms with E-state index in [9.17, 15) is 19.5 Å². The molecule has 0 aliphatic carbocycles. The summed E-state index contributed by atoms with van der Waals surface area (Å²) in [6.07, 6.45) is 4.43. The van der Waals surface area contributed by atoms with Gasteiger partial charge in [0.1, 0.15) is 11.7 Å². The summed E-state index contributed by atoms with van der Waals surface area (Å²) in [5.74, 6) is -0.0778. The van der Waals surface area contributed by atoms with Crippen LogP contribution in [0, 0.1) is 0 Å². The summed E-state index contributed by atoms with van der Waals surface area (Å²) in [6, 6.07) is 17.9. The van der Waals surface area contributed by atoms with Gasteiger partial charge in [0.2, 0.25) is 11.8 Å². The van der Waals surface area contributed by atoms with E-state index >= 15 is 0 Å². The Hall–Kier alpha value is -4.85. The molecular formula is C37H36Cl2N6O6. The molecule has 6 rings (SSSR count). The molecule has 0 saturated carbocycles. The second kappa shape index (κ2) is 16.0. The minimum atomic E-state index is -0.965. The molecule has 0 unspecified atom stereocenters. The standard InChI is InChI=1S/C37H36Cl2N6O6/c1-50-35-22(16-40-19-24-10-12-32(47)43-24)9-11-29(44-35)28-8-4-7-27(34(28)39)26-6-3-5-25(33(26)38)21-13-14-45-31(15-21)42-18-23(36(45)48)17-41-30(20-46)37(49)51-2/h3-9,11,13-15,18,24,30,40-41,46H,10,12,16-17,19-20H2,1-2H3,(H,43,47)/t24-,30-/m1/s1. The number of aromatic nitrogens is 3. The normalized spacial score (nSPS) is 14.8. The van der Waals surface area contributed by atoms with Gasteiger partial charge in [-0.15, -0.1) is 0 Å². The molecule has 4 heterocycles. The third kappa shape index (κ3) is 7.75. The number of carbonyl (C=O) groups excluding carboxylic acids is 2. The van der Waals surface area contributed by atoms with Gasteiger partial charge in [-0.05, 0) is 30.2 Å². The Balaban J connectivity index is 1.24. The number of aliphatic hydroxyl groups is 1. The van der Waals surface area contributed by atoms with Gasteiger partial charge >= 0.3 is 5.97 Å². The van der Waals surface area contributed by atoms with E-state index in [2.05, 4.69) is 25.7 Å². The number of hydrogen-bond donors (Lipinski definition) is 4. The first-order chi connectivity index (χ1) is 24.7. The number of rotatable bonds is 13. The predicted molar refractivity (Wildman–Crippen MR) is 195 cm³/mol. The highest BCUT2D eigenvalue weighted by molar-refractivity contribution is 6.39. The highest BCUT2D eigenvalue weighted by Gasteiger charge is 2.22. The predicted octanol–water partition coefficient (Wildman–Crippen LogP) is 4.40. The number of halogens is 2. The van der Waals surface area contributed by atoms with Crippen molar-refractivity contribution in [2.45, 2.75) is 38.0 Å². The van der Waals surface area contributed by atoms with Crippen LogP contribution in [-0.2, 0) is 27.4 Å². The van der Waals surface area contributed by atoms with Crippen molar-refractivity contribution in [2.75, 3.05) is 27.4 Å². The van der Waals surface area contributed by atoms with Crippen LogP contribution in [0.3, 0.4) is 0 Å². The van der Waals surface area contributed by atoms with Crippen molar-refractivity contribution in [1.29, 1.82) is 0 Å². The van der Waals surface area contributed by atoms with Gasteiger partial charge < -0.3 is 25.2 Å². The molecule has 0 radical (unpaired) electrons. The lowest BCUT2D eigenvalue weighted by molar-refractivity contribution is -0.144. The number of nitrogens with zero attached hydrogens (tertiary/aromatic N) is 3. The molecule has 0 spiro atoms. The largest absolute Gasteiger partial charge is 0.481 e. The highest BCUT2D eigenvalue weighted by atomic mass is 35.5. The van der Waals surface area contributed by atoms with E-state index < -0.39 is 18.6 Å². The summed E-state index contributed by atoms with van der Waals surface area (Å²) in [4.78, 5) is 45.7. The molecule has 1 aliphatic heterocycles. The van der Waals surface area contributed by atoms with E-state index in [-0.39, 0.29) is 24.1 Å². The summed E-state index contributed by atoms with van der Waals surface area (Å²) >= 11 is 14.1. The van der Waals surface area contributed by atoms with Crippen LogP contribution in [0.2, 0.25) is 10.0 Å². The first kappa shape index (κ1) is 36.0. The quantitative estimate of drug-likeness (QED) is 0.128. The van der Waals surface area contributed by atoms with Crippen LogP contribution in [-0.4, -0.2) is 70.8 Å². The van der Waals surface area contributed by atoms with Crippen LogP contribution >= 0.6 is 23.2 Å². The van der Waals surface area contributed by atoms with E-state index in [1.165, 1.54) is 17.7 Å². The van der Waals surface area contributed by atoms with Crippen molar-refractivity contribution in [3.63, 3.8) is 0 Å².